The van der Waals surface area contributed by atoms with E-state index >= 15 is 0 Å². The molecule has 3 rings (SSSR count). The van der Waals surface area contributed by atoms with Crippen molar-refractivity contribution in [2.45, 2.75) is 46.1 Å². The molecule has 2 aromatic rings. The Morgan fingerprint density at radius 3 is 3.10 bits per heavy atom. The molecule has 0 aliphatic carbocycles. The van der Waals surface area contributed by atoms with Gasteiger partial charge in [-0.05, 0) is 13.3 Å². The smallest absolute Gasteiger partial charge is 0.222 e. The van der Waals surface area contributed by atoms with Crippen LogP contribution >= 0.6 is 0 Å². The van der Waals surface area contributed by atoms with Crippen LogP contribution in [0, 0.1) is 6.92 Å². The molecule has 0 saturated carbocycles. The lowest BCUT2D eigenvalue weighted by molar-refractivity contribution is -0.132. The van der Waals surface area contributed by atoms with Gasteiger partial charge in [0, 0.05) is 43.8 Å². The molecule has 0 radical (unpaired) electrons. The Kier molecular flexibility index (Phi) is 3.42. The third-order valence-electron chi connectivity index (χ3n) is 3.87. The van der Waals surface area contributed by atoms with Gasteiger partial charge < -0.3 is 4.90 Å². The quantitative estimate of drug-likeness (QED) is 0.860. The summed E-state index contributed by atoms with van der Waals surface area (Å²) in [7, 11) is 0. The number of rotatable bonds is 3. The molecular formula is C15H20N4O. The van der Waals surface area contributed by atoms with Crippen LogP contribution in [-0.2, 0) is 17.8 Å². The minimum atomic E-state index is 0.259. The Balaban J connectivity index is 1.85. The van der Waals surface area contributed by atoms with Crippen LogP contribution in [0.25, 0.3) is 5.65 Å². The van der Waals surface area contributed by atoms with E-state index in [4.69, 9.17) is 0 Å². The number of nitrogens with zero attached hydrogens (tertiary/aromatic N) is 4. The molecule has 0 saturated heterocycles. The Labute approximate surface area is 118 Å². The molecule has 1 aliphatic rings. The molecule has 0 fully saturated rings. The zero-order valence-electron chi connectivity index (χ0n) is 12.1. The number of fused-ring (bicyclic) bond motifs is 3. The fourth-order valence-electron chi connectivity index (χ4n) is 2.75. The van der Waals surface area contributed by atoms with E-state index in [1.807, 2.05) is 28.6 Å². The van der Waals surface area contributed by atoms with Gasteiger partial charge in [-0.2, -0.15) is 5.10 Å². The summed E-state index contributed by atoms with van der Waals surface area (Å²) in [5, 5.41) is 4.50. The van der Waals surface area contributed by atoms with Crippen LogP contribution in [0.1, 0.15) is 43.1 Å². The van der Waals surface area contributed by atoms with Gasteiger partial charge in [0.15, 0.2) is 5.65 Å². The minimum Gasteiger partial charge on any atom is -0.338 e. The Hall–Kier alpha value is -1.91. The third-order valence-corrected chi connectivity index (χ3v) is 3.87. The zero-order chi connectivity index (χ0) is 14.1. The first-order valence-corrected chi connectivity index (χ1v) is 7.30. The number of unbranched alkanes of at least 4 members (excludes halogenated alkanes) is 1. The van der Waals surface area contributed by atoms with E-state index < -0.39 is 0 Å². The van der Waals surface area contributed by atoms with Crippen LogP contribution in [0.4, 0.5) is 0 Å². The first-order chi connectivity index (χ1) is 9.69. The van der Waals surface area contributed by atoms with Crippen molar-refractivity contribution < 1.29 is 4.79 Å². The Bertz CT molecular complexity index is 647. The summed E-state index contributed by atoms with van der Waals surface area (Å²) in [4.78, 5) is 18.5. The summed E-state index contributed by atoms with van der Waals surface area (Å²) in [6.45, 7) is 5.54. The van der Waals surface area contributed by atoms with Crippen LogP contribution < -0.4 is 0 Å². The average Bonchev–Trinajstić information content (AvgIpc) is 2.84. The third kappa shape index (κ3) is 2.28. The highest BCUT2D eigenvalue weighted by atomic mass is 16.2. The number of amides is 1. The van der Waals surface area contributed by atoms with Crippen molar-refractivity contribution in [2.24, 2.45) is 0 Å². The van der Waals surface area contributed by atoms with Gasteiger partial charge in [0.25, 0.3) is 0 Å². The van der Waals surface area contributed by atoms with Crippen LogP contribution in [0.3, 0.4) is 0 Å². The highest BCUT2D eigenvalue weighted by molar-refractivity contribution is 5.76. The van der Waals surface area contributed by atoms with Gasteiger partial charge in [-0.15, -0.1) is 0 Å². The maximum Gasteiger partial charge on any atom is 0.222 e. The van der Waals surface area contributed by atoms with Crippen LogP contribution in [0.5, 0.6) is 0 Å². The average molecular weight is 272 g/mol. The molecule has 106 valence electrons. The van der Waals surface area contributed by atoms with Crippen molar-refractivity contribution in [1.29, 1.82) is 0 Å². The number of hydrogen-bond acceptors (Lipinski definition) is 3. The Morgan fingerprint density at radius 1 is 1.45 bits per heavy atom. The normalized spacial score (nSPS) is 14.6. The van der Waals surface area contributed by atoms with Crippen molar-refractivity contribution in [3.63, 3.8) is 0 Å². The molecule has 0 aromatic carbocycles. The lowest BCUT2D eigenvalue weighted by Crippen LogP contribution is -2.36. The maximum absolute atomic E-state index is 12.1. The lowest BCUT2D eigenvalue weighted by Gasteiger charge is -2.28. The van der Waals surface area contributed by atoms with E-state index in [0.29, 0.717) is 13.0 Å². The number of carbonyl (C=O) groups excluding carboxylic acids is 1. The van der Waals surface area contributed by atoms with Gasteiger partial charge in [0.1, 0.15) is 0 Å². The second-order valence-electron chi connectivity index (χ2n) is 5.45. The highest BCUT2D eigenvalue weighted by Gasteiger charge is 2.22. The predicted molar refractivity (Wildman–Crippen MR) is 76.4 cm³/mol. The molecule has 1 amide bonds. The molecule has 0 bridgehead atoms. The number of aromatic nitrogens is 3. The molecule has 5 heteroatoms. The van der Waals surface area contributed by atoms with E-state index in [0.717, 1.165) is 42.7 Å². The predicted octanol–water partition coefficient (Wildman–Crippen LogP) is 2.11. The second-order valence-corrected chi connectivity index (χ2v) is 5.45. The molecular weight excluding hydrogens is 252 g/mol. The lowest BCUT2D eigenvalue weighted by atomic mass is 10.1. The van der Waals surface area contributed by atoms with Crippen molar-refractivity contribution in [1.82, 2.24) is 19.5 Å². The summed E-state index contributed by atoms with van der Waals surface area (Å²) in [5.41, 5.74) is 4.19. The topological polar surface area (TPSA) is 50.5 Å². The van der Waals surface area contributed by atoms with Crippen molar-refractivity contribution >= 4 is 11.6 Å². The van der Waals surface area contributed by atoms with E-state index in [1.54, 1.807) is 0 Å². The summed E-state index contributed by atoms with van der Waals surface area (Å²) < 4.78 is 1.93. The van der Waals surface area contributed by atoms with Gasteiger partial charge in [-0.25, -0.2) is 9.50 Å². The van der Waals surface area contributed by atoms with E-state index in [9.17, 15) is 4.79 Å². The molecule has 5 nitrogen and oxygen atoms in total. The molecule has 0 N–H and O–H groups in total. The van der Waals surface area contributed by atoms with Gasteiger partial charge in [0.2, 0.25) is 5.91 Å². The first kappa shape index (κ1) is 13.1. The summed E-state index contributed by atoms with van der Waals surface area (Å²) in [6.07, 6.45) is 5.43. The monoisotopic (exact) mass is 272 g/mol. The van der Waals surface area contributed by atoms with E-state index in [2.05, 4.69) is 17.0 Å². The molecule has 0 unspecified atom stereocenters. The zero-order valence-corrected chi connectivity index (χ0v) is 12.1. The minimum absolute atomic E-state index is 0.259. The van der Waals surface area contributed by atoms with Crippen LogP contribution in [0.15, 0.2) is 12.3 Å². The molecule has 0 atom stereocenters. The Morgan fingerprint density at radius 2 is 2.30 bits per heavy atom. The highest BCUT2D eigenvalue weighted by Crippen LogP contribution is 2.20. The fourth-order valence-corrected chi connectivity index (χ4v) is 2.75. The summed E-state index contributed by atoms with van der Waals surface area (Å²) in [5.74, 6) is 0.259. The largest absolute Gasteiger partial charge is 0.338 e. The number of aryl methyl sites for hydroxylation is 1. The van der Waals surface area contributed by atoms with Crippen LogP contribution in [-0.4, -0.2) is 31.9 Å². The summed E-state index contributed by atoms with van der Waals surface area (Å²) >= 11 is 0. The van der Waals surface area contributed by atoms with Gasteiger partial charge in [0.05, 0.1) is 11.4 Å². The number of carbonyl (C=O) groups is 1. The second kappa shape index (κ2) is 5.23. The number of hydrogen-bond donors (Lipinski definition) is 0. The van der Waals surface area contributed by atoms with Gasteiger partial charge in [-0.3, -0.25) is 4.79 Å². The molecule has 20 heavy (non-hydrogen) atoms. The van der Waals surface area contributed by atoms with Crippen LogP contribution in [0.2, 0.25) is 0 Å². The maximum atomic E-state index is 12.1. The fraction of sp³-hybridized carbons (Fsp3) is 0.533. The summed E-state index contributed by atoms with van der Waals surface area (Å²) in [6, 6.07) is 1.99. The van der Waals surface area contributed by atoms with E-state index in [1.165, 1.54) is 5.69 Å². The standard InChI is InChI=1S/C15H20N4O/c1-3-4-5-15(20)18-7-6-13-12(10-18)9-16-14-8-11(2)17-19(13)14/h8-9H,3-7,10H2,1-2H3. The van der Waals surface area contributed by atoms with Gasteiger partial charge >= 0.3 is 0 Å². The van der Waals surface area contributed by atoms with Gasteiger partial charge in [-0.1, -0.05) is 13.3 Å². The van der Waals surface area contributed by atoms with Crippen molar-refractivity contribution in [2.75, 3.05) is 6.54 Å². The molecule has 2 aromatic heterocycles. The molecule has 3 heterocycles. The molecule has 0 spiro atoms. The first-order valence-electron chi connectivity index (χ1n) is 7.30. The van der Waals surface area contributed by atoms with Crippen molar-refractivity contribution in [3.8, 4) is 0 Å². The SMILES string of the molecule is CCCCC(=O)N1CCc2c(cnc3cc(C)nn23)C1. The van der Waals surface area contributed by atoms with E-state index in [-0.39, 0.29) is 5.91 Å². The van der Waals surface area contributed by atoms with Crippen molar-refractivity contribution in [3.05, 3.63) is 29.2 Å². The molecule has 1 aliphatic heterocycles.